The molecule has 0 unspecified atom stereocenters. The number of nitrogens with one attached hydrogen (secondary N) is 1. The van der Waals surface area contributed by atoms with Crippen LogP contribution in [-0.2, 0) is 5.41 Å². The van der Waals surface area contributed by atoms with Gasteiger partial charge in [0, 0.05) is 4.47 Å². The second kappa shape index (κ2) is 5.80. The van der Waals surface area contributed by atoms with Crippen LogP contribution in [-0.4, -0.2) is 18.9 Å². The van der Waals surface area contributed by atoms with Crippen molar-refractivity contribution in [1.82, 2.24) is 5.32 Å². The lowest BCUT2D eigenvalue weighted by molar-refractivity contribution is 0.0851. The summed E-state index contributed by atoms with van der Waals surface area (Å²) >= 11 is 5.03. The van der Waals surface area contributed by atoms with Crippen molar-refractivity contribution in [2.75, 3.05) is 13.1 Å². The summed E-state index contributed by atoms with van der Waals surface area (Å²) in [5.74, 6) is 0.257. The molecule has 1 saturated heterocycles. The third-order valence-electron chi connectivity index (χ3n) is 4.04. The van der Waals surface area contributed by atoms with Gasteiger partial charge in [-0.15, -0.1) is 11.3 Å². The minimum absolute atomic E-state index is 0.257. The van der Waals surface area contributed by atoms with E-state index in [2.05, 4.69) is 33.4 Å². The molecule has 4 heteroatoms. The van der Waals surface area contributed by atoms with Gasteiger partial charge >= 0.3 is 0 Å². The second-order valence-corrected chi connectivity index (χ2v) is 6.90. The highest BCUT2D eigenvalue weighted by molar-refractivity contribution is 9.10. The van der Waals surface area contributed by atoms with Gasteiger partial charge in [0.25, 0.3) is 0 Å². The summed E-state index contributed by atoms with van der Waals surface area (Å²) < 4.78 is 0.918. The van der Waals surface area contributed by atoms with Crippen LogP contribution in [0.2, 0.25) is 0 Å². The first-order chi connectivity index (χ1) is 9.74. The van der Waals surface area contributed by atoms with E-state index in [9.17, 15) is 4.79 Å². The lowest BCUT2D eigenvalue weighted by Crippen LogP contribution is -2.45. The molecule has 0 aliphatic carbocycles. The summed E-state index contributed by atoms with van der Waals surface area (Å²) in [5.41, 5.74) is 0.770. The number of rotatable bonds is 3. The van der Waals surface area contributed by atoms with Gasteiger partial charge in [-0.25, -0.2) is 0 Å². The van der Waals surface area contributed by atoms with E-state index in [1.807, 2.05) is 29.6 Å². The Labute approximate surface area is 131 Å². The Bertz CT molecular complexity index is 602. The maximum atomic E-state index is 13.2. The van der Waals surface area contributed by atoms with Crippen molar-refractivity contribution in [3.05, 3.63) is 56.7 Å². The van der Waals surface area contributed by atoms with Crippen molar-refractivity contribution < 1.29 is 4.79 Å². The van der Waals surface area contributed by atoms with Crippen LogP contribution in [0.5, 0.6) is 0 Å². The molecule has 1 aromatic carbocycles. The van der Waals surface area contributed by atoms with E-state index >= 15 is 0 Å². The third-order valence-corrected chi connectivity index (χ3v) is 5.88. The molecule has 0 bridgehead atoms. The van der Waals surface area contributed by atoms with Gasteiger partial charge in [0.05, 0.1) is 10.3 Å². The highest BCUT2D eigenvalue weighted by Gasteiger charge is 2.42. The van der Waals surface area contributed by atoms with E-state index in [4.69, 9.17) is 0 Å². The number of hydrogen-bond donors (Lipinski definition) is 1. The molecule has 1 aliphatic heterocycles. The largest absolute Gasteiger partial charge is 0.317 e. The second-order valence-electron chi connectivity index (χ2n) is 5.12. The number of hydrogen-bond acceptors (Lipinski definition) is 3. The fraction of sp³-hybridized carbons (Fsp3) is 0.312. The van der Waals surface area contributed by atoms with Crippen LogP contribution in [0.3, 0.4) is 0 Å². The lowest BCUT2D eigenvalue weighted by atomic mass is 9.69. The summed E-state index contributed by atoms with van der Waals surface area (Å²) in [6, 6.07) is 12.2. The number of benzene rings is 1. The van der Waals surface area contributed by atoms with E-state index in [0.717, 1.165) is 40.8 Å². The molecule has 2 heterocycles. The zero-order valence-electron chi connectivity index (χ0n) is 11.1. The van der Waals surface area contributed by atoms with Crippen molar-refractivity contribution in [1.29, 1.82) is 0 Å². The number of carbonyl (C=O) groups is 1. The first kappa shape index (κ1) is 14.0. The Morgan fingerprint density at radius 1 is 1.15 bits per heavy atom. The summed E-state index contributed by atoms with van der Waals surface area (Å²) in [6.45, 7) is 1.78. The van der Waals surface area contributed by atoms with Gasteiger partial charge in [0.2, 0.25) is 0 Å². The van der Waals surface area contributed by atoms with Gasteiger partial charge in [0.1, 0.15) is 0 Å². The minimum atomic E-state index is -0.375. The first-order valence-corrected chi connectivity index (χ1v) is 8.45. The van der Waals surface area contributed by atoms with Gasteiger partial charge < -0.3 is 5.32 Å². The van der Waals surface area contributed by atoms with E-state index < -0.39 is 0 Å². The molecule has 104 valence electrons. The number of ketones is 1. The van der Waals surface area contributed by atoms with Crippen molar-refractivity contribution >= 4 is 33.0 Å². The van der Waals surface area contributed by atoms with Crippen LogP contribution in [0.4, 0.5) is 0 Å². The Balaban J connectivity index is 2.07. The van der Waals surface area contributed by atoms with Gasteiger partial charge in [-0.2, -0.15) is 0 Å². The summed E-state index contributed by atoms with van der Waals surface area (Å²) in [6.07, 6.45) is 1.72. The average molecular weight is 350 g/mol. The quantitative estimate of drug-likeness (QED) is 0.848. The molecular formula is C16H16BrNOS. The molecule has 20 heavy (non-hydrogen) atoms. The summed E-state index contributed by atoms with van der Waals surface area (Å²) in [4.78, 5) is 14.0. The molecule has 1 aromatic heterocycles. The fourth-order valence-corrected chi connectivity index (χ4v) is 4.52. The van der Waals surface area contributed by atoms with E-state index in [0.29, 0.717) is 0 Å². The minimum Gasteiger partial charge on any atom is -0.317 e. The fourth-order valence-electron chi connectivity index (χ4n) is 2.93. The van der Waals surface area contributed by atoms with Crippen molar-refractivity contribution in [3.63, 3.8) is 0 Å². The van der Waals surface area contributed by atoms with Crippen LogP contribution < -0.4 is 5.32 Å². The summed E-state index contributed by atoms with van der Waals surface area (Å²) in [5, 5.41) is 5.33. The van der Waals surface area contributed by atoms with Gasteiger partial charge in [0.15, 0.2) is 5.78 Å². The zero-order valence-corrected chi connectivity index (χ0v) is 13.5. The van der Waals surface area contributed by atoms with Crippen LogP contribution in [0.15, 0.2) is 46.3 Å². The molecule has 0 atom stereocenters. The van der Waals surface area contributed by atoms with E-state index in [1.165, 1.54) is 11.3 Å². The summed E-state index contributed by atoms with van der Waals surface area (Å²) in [7, 11) is 0. The topological polar surface area (TPSA) is 29.1 Å². The molecule has 0 radical (unpaired) electrons. The Morgan fingerprint density at radius 2 is 1.85 bits per heavy atom. The first-order valence-electron chi connectivity index (χ1n) is 6.78. The number of halogens is 1. The Kier molecular flexibility index (Phi) is 4.06. The molecule has 1 fully saturated rings. The molecular weight excluding hydrogens is 334 g/mol. The number of thiophene rings is 1. The van der Waals surface area contributed by atoms with Crippen molar-refractivity contribution in [2.45, 2.75) is 18.3 Å². The maximum absolute atomic E-state index is 13.2. The molecule has 1 aliphatic rings. The van der Waals surface area contributed by atoms with Crippen LogP contribution in [0.1, 0.15) is 28.1 Å². The van der Waals surface area contributed by atoms with E-state index in [1.54, 1.807) is 0 Å². The predicted molar refractivity (Wildman–Crippen MR) is 86.6 cm³/mol. The SMILES string of the molecule is O=C(c1sccc1Br)C1(c2ccccc2)CCNCC1. The number of piperidine rings is 1. The Morgan fingerprint density at radius 3 is 2.45 bits per heavy atom. The number of Topliss-reactive ketones (excluding diaryl/α,β-unsaturated/α-hetero) is 1. The smallest absolute Gasteiger partial charge is 0.184 e. The molecule has 2 nitrogen and oxygen atoms in total. The highest BCUT2D eigenvalue weighted by Crippen LogP contribution is 2.39. The predicted octanol–water partition coefficient (Wildman–Crippen LogP) is 4.01. The number of carbonyl (C=O) groups excluding carboxylic acids is 1. The molecule has 0 spiro atoms. The van der Waals surface area contributed by atoms with Gasteiger partial charge in [-0.3, -0.25) is 4.79 Å². The average Bonchev–Trinajstić information content (AvgIpc) is 2.94. The van der Waals surface area contributed by atoms with Crippen LogP contribution in [0, 0.1) is 0 Å². The zero-order chi connectivity index (χ0) is 14.0. The molecule has 0 saturated carbocycles. The van der Waals surface area contributed by atoms with Crippen LogP contribution >= 0.6 is 27.3 Å². The van der Waals surface area contributed by atoms with Crippen LogP contribution in [0.25, 0.3) is 0 Å². The monoisotopic (exact) mass is 349 g/mol. The van der Waals surface area contributed by atoms with Crippen molar-refractivity contribution in [3.8, 4) is 0 Å². The van der Waals surface area contributed by atoms with Crippen molar-refractivity contribution in [2.24, 2.45) is 0 Å². The molecule has 0 amide bonds. The Hall–Kier alpha value is -0.970. The molecule has 2 aromatic rings. The van der Waals surface area contributed by atoms with Gasteiger partial charge in [-0.1, -0.05) is 30.3 Å². The lowest BCUT2D eigenvalue weighted by Gasteiger charge is -2.36. The van der Waals surface area contributed by atoms with Gasteiger partial charge in [-0.05, 0) is 58.9 Å². The highest BCUT2D eigenvalue weighted by atomic mass is 79.9. The standard InChI is InChI=1S/C16H16BrNOS/c17-13-6-11-20-14(13)15(19)16(7-9-18-10-8-16)12-4-2-1-3-5-12/h1-6,11,18H,7-10H2. The molecule has 3 rings (SSSR count). The maximum Gasteiger partial charge on any atom is 0.184 e. The third kappa shape index (κ3) is 2.36. The van der Waals surface area contributed by atoms with E-state index in [-0.39, 0.29) is 11.2 Å². The molecule has 1 N–H and O–H groups in total. The normalized spacial score (nSPS) is 17.9.